The van der Waals surface area contributed by atoms with Crippen LogP contribution in [0.4, 0.5) is 0 Å². The molecule has 0 saturated heterocycles. The Labute approximate surface area is 186 Å². The summed E-state index contributed by atoms with van der Waals surface area (Å²) in [5.74, 6) is 0.848. The number of rotatable bonds is 7. The highest BCUT2D eigenvalue weighted by Crippen LogP contribution is 2.34. The Kier molecular flexibility index (Phi) is 6.00. The van der Waals surface area contributed by atoms with Gasteiger partial charge >= 0.3 is 0 Å². The Hall–Kier alpha value is -3.25. The maximum atomic E-state index is 11.8. The summed E-state index contributed by atoms with van der Waals surface area (Å²) in [7, 11) is 0. The van der Waals surface area contributed by atoms with Gasteiger partial charge in [0.25, 0.3) is 0 Å². The lowest BCUT2D eigenvalue weighted by molar-refractivity contribution is -0.116. The normalized spacial score (nSPS) is 12.1. The summed E-state index contributed by atoms with van der Waals surface area (Å²) in [6.07, 6.45) is 1.82. The fraction of sp³-hybridized carbons (Fsp3) is 0.200. The maximum absolute atomic E-state index is 11.8. The fourth-order valence-corrected chi connectivity index (χ4v) is 4.20. The number of allylic oxidation sites excluding steroid dienone is 1. The van der Waals surface area contributed by atoms with Crippen LogP contribution in [0.3, 0.4) is 0 Å². The zero-order valence-corrected chi connectivity index (χ0v) is 18.7. The summed E-state index contributed by atoms with van der Waals surface area (Å²) in [4.78, 5) is 16.7. The van der Waals surface area contributed by atoms with E-state index in [1.54, 1.807) is 6.92 Å². The van der Waals surface area contributed by atoms with Gasteiger partial charge in [-0.1, -0.05) is 65.9 Å². The first-order valence-electron chi connectivity index (χ1n) is 10.2. The highest BCUT2D eigenvalue weighted by Gasteiger charge is 2.20. The second kappa shape index (κ2) is 8.86. The number of fused-ring (bicyclic) bond motifs is 1. The van der Waals surface area contributed by atoms with Crippen LogP contribution in [0.25, 0.3) is 33.5 Å². The van der Waals surface area contributed by atoms with Gasteiger partial charge in [-0.3, -0.25) is 9.36 Å². The topological polar surface area (TPSA) is 60.7 Å². The molecule has 1 atom stereocenters. The summed E-state index contributed by atoms with van der Waals surface area (Å²) in [6.45, 7) is 10.00. The molecule has 5 nitrogen and oxygen atoms in total. The van der Waals surface area contributed by atoms with Gasteiger partial charge < -0.3 is 0 Å². The summed E-state index contributed by atoms with van der Waals surface area (Å²) in [6, 6.07) is 18.5. The van der Waals surface area contributed by atoms with E-state index in [1.165, 1.54) is 17.3 Å². The number of Topliss-reactive ketones (excluding diaryl/α,β-unsaturated/α-hetero) is 1. The molecule has 4 aromatic rings. The molecule has 0 aliphatic carbocycles. The quantitative estimate of drug-likeness (QED) is 0.278. The van der Waals surface area contributed by atoms with E-state index in [9.17, 15) is 4.79 Å². The molecule has 4 rings (SSSR count). The minimum absolute atomic E-state index is 0.107. The van der Waals surface area contributed by atoms with E-state index >= 15 is 0 Å². The molecule has 0 fully saturated rings. The molecule has 0 amide bonds. The average Bonchev–Trinajstić information content (AvgIpc) is 3.15. The number of nitrogens with zero attached hydrogens (tertiary/aromatic N) is 4. The molecule has 0 saturated carbocycles. The van der Waals surface area contributed by atoms with Crippen LogP contribution >= 0.6 is 11.8 Å². The van der Waals surface area contributed by atoms with Crippen molar-refractivity contribution in [3.8, 4) is 22.6 Å². The number of carbonyl (C=O) groups excluding carboxylic acids is 1. The van der Waals surface area contributed by atoms with Crippen molar-refractivity contribution in [2.75, 3.05) is 0 Å². The van der Waals surface area contributed by atoms with Crippen LogP contribution < -0.4 is 0 Å². The molecule has 0 N–H and O–H groups in total. The number of carbonyl (C=O) groups is 1. The van der Waals surface area contributed by atoms with E-state index in [-0.39, 0.29) is 11.0 Å². The number of pyridine rings is 1. The Balaban J connectivity index is 1.91. The Morgan fingerprint density at radius 2 is 1.90 bits per heavy atom. The Bertz CT molecular complexity index is 1260. The predicted octanol–water partition coefficient (Wildman–Crippen LogP) is 5.72. The number of para-hydroxylation sites is 1. The van der Waals surface area contributed by atoms with Gasteiger partial charge in [-0.15, -0.1) is 16.8 Å². The largest absolute Gasteiger partial charge is 0.299 e. The molecule has 1 unspecified atom stereocenters. The van der Waals surface area contributed by atoms with Crippen molar-refractivity contribution in [2.24, 2.45) is 0 Å². The van der Waals surface area contributed by atoms with Crippen molar-refractivity contribution in [3.63, 3.8) is 0 Å². The molecule has 2 aromatic heterocycles. The fourth-order valence-electron chi connectivity index (χ4n) is 3.34. The molecule has 0 spiro atoms. The van der Waals surface area contributed by atoms with Crippen molar-refractivity contribution >= 4 is 28.4 Å². The Morgan fingerprint density at radius 3 is 2.61 bits per heavy atom. The van der Waals surface area contributed by atoms with E-state index in [0.29, 0.717) is 11.7 Å². The molecule has 0 aliphatic rings. The lowest BCUT2D eigenvalue weighted by Crippen LogP contribution is -2.10. The zero-order chi connectivity index (χ0) is 22.0. The minimum Gasteiger partial charge on any atom is -0.299 e. The van der Waals surface area contributed by atoms with Crippen LogP contribution in [-0.2, 0) is 11.3 Å². The summed E-state index contributed by atoms with van der Waals surface area (Å²) >= 11 is 1.42. The molecular formula is C25H24N4OS. The van der Waals surface area contributed by atoms with Crippen molar-refractivity contribution < 1.29 is 4.79 Å². The van der Waals surface area contributed by atoms with Crippen molar-refractivity contribution in [2.45, 2.75) is 37.7 Å². The molecule has 2 heterocycles. The number of ketones is 1. The highest BCUT2D eigenvalue weighted by atomic mass is 32.2. The summed E-state index contributed by atoms with van der Waals surface area (Å²) in [5.41, 5.74) is 4.99. The van der Waals surface area contributed by atoms with Gasteiger partial charge in [-0.05, 0) is 32.9 Å². The lowest BCUT2D eigenvalue weighted by Gasteiger charge is -2.13. The van der Waals surface area contributed by atoms with Crippen LogP contribution in [0.2, 0.25) is 0 Å². The smallest absolute Gasteiger partial charge is 0.192 e. The third-order valence-corrected chi connectivity index (χ3v) is 6.39. The molecule has 0 bridgehead atoms. The standard InChI is InChI=1S/C25H24N4OS/c1-5-14-29-24(27-28-25(29)31-18(4)17(3)30)21-15-23(19-12-10-16(2)11-13-19)26-22-9-7-6-8-20(21)22/h5-13,15,18H,1,14H2,2-4H3. The molecule has 0 radical (unpaired) electrons. The molecule has 0 aliphatic heterocycles. The van der Waals surface area contributed by atoms with Crippen LogP contribution in [0.15, 0.2) is 72.4 Å². The molecule has 156 valence electrons. The molecule has 31 heavy (non-hydrogen) atoms. The summed E-state index contributed by atoms with van der Waals surface area (Å²) in [5, 5.41) is 10.4. The second-order valence-electron chi connectivity index (χ2n) is 7.51. The van der Waals surface area contributed by atoms with Crippen LogP contribution in [0.5, 0.6) is 0 Å². The van der Waals surface area contributed by atoms with Gasteiger partial charge in [0, 0.05) is 23.1 Å². The van der Waals surface area contributed by atoms with Crippen molar-refractivity contribution in [1.29, 1.82) is 0 Å². The van der Waals surface area contributed by atoms with Crippen LogP contribution in [0.1, 0.15) is 19.4 Å². The van der Waals surface area contributed by atoms with Gasteiger partial charge in [0.2, 0.25) is 0 Å². The second-order valence-corrected chi connectivity index (χ2v) is 8.82. The third kappa shape index (κ3) is 4.30. The van der Waals surface area contributed by atoms with Crippen LogP contribution in [0, 0.1) is 6.92 Å². The Morgan fingerprint density at radius 1 is 1.16 bits per heavy atom. The van der Waals surface area contributed by atoms with Crippen molar-refractivity contribution in [3.05, 3.63) is 72.8 Å². The van der Waals surface area contributed by atoms with E-state index in [0.717, 1.165) is 33.5 Å². The number of benzene rings is 2. The number of aromatic nitrogens is 4. The molecular weight excluding hydrogens is 404 g/mol. The number of aryl methyl sites for hydroxylation is 1. The SMILES string of the molecule is C=CCn1c(SC(C)C(C)=O)nnc1-c1cc(-c2ccc(C)cc2)nc2ccccc12. The number of hydrogen-bond donors (Lipinski definition) is 0. The monoisotopic (exact) mass is 428 g/mol. The summed E-state index contributed by atoms with van der Waals surface area (Å²) < 4.78 is 2.01. The zero-order valence-electron chi connectivity index (χ0n) is 17.9. The van der Waals surface area contributed by atoms with Gasteiger partial charge in [0.05, 0.1) is 16.5 Å². The van der Waals surface area contributed by atoms with Crippen molar-refractivity contribution in [1.82, 2.24) is 19.7 Å². The van der Waals surface area contributed by atoms with Gasteiger partial charge in [-0.25, -0.2) is 4.98 Å². The van der Waals surface area contributed by atoms with Gasteiger partial charge in [0.1, 0.15) is 5.78 Å². The molecule has 6 heteroatoms. The first-order valence-corrected chi connectivity index (χ1v) is 11.0. The maximum Gasteiger partial charge on any atom is 0.192 e. The van der Waals surface area contributed by atoms with E-state index < -0.39 is 0 Å². The first-order chi connectivity index (χ1) is 15.0. The van der Waals surface area contributed by atoms with E-state index in [1.807, 2.05) is 35.8 Å². The number of thioether (sulfide) groups is 1. The number of hydrogen-bond acceptors (Lipinski definition) is 5. The third-order valence-electron chi connectivity index (χ3n) is 5.19. The van der Waals surface area contributed by atoms with Crippen LogP contribution in [-0.4, -0.2) is 30.8 Å². The van der Waals surface area contributed by atoms with Gasteiger partial charge in [0.15, 0.2) is 11.0 Å². The first kappa shape index (κ1) is 21.0. The average molecular weight is 429 g/mol. The molecule has 2 aromatic carbocycles. The van der Waals surface area contributed by atoms with E-state index in [4.69, 9.17) is 4.98 Å². The highest BCUT2D eigenvalue weighted by molar-refractivity contribution is 8.00. The van der Waals surface area contributed by atoms with E-state index in [2.05, 4.69) is 60.1 Å². The minimum atomic E-state index is -0.196. The van der Waals surface area contributed by atoms with Gasteiger partial charge in [-0.2, -0.15) is 0 Å². The predicted molar refractivity (Wildman–Crippen MR) is 127 cm³/mol. The lowest BCUT2D eigenvalue weighted by atomic mass is 10.0.